The number of likely N-dealkylation sites (tertiary alicyclic amines) is 1. The van der Waals surface area contributed by atoms with Crippen LogP contribution in [-0.4, -0.2) is 29.9 Å². The highest BCUT2D eigenvalue weighted by Crippen LogP contribution is 2.17. The third-order valence-electron chi connectivity index (χ3n) is 3.04. The molecule has 0 atom stereocenters. The van der Waals surface area contributed by atoms with Crippen molar-refractivity contribution in [1.82, 2.24) is 4.90 Å². The molecule has 0 N–H and O–H groups in total. The average Bonchev–Trinajstić information content (AvgIpc) is 2.82. The summed E-state index contributed by atoms with van der Waals surface area (Å²) in [5, 5.41) is 0. The van der Waals surface area contributed by atoms with Gasteiger partial charge in [0, 0.05) is 25.1 Å². The largest absolute Gasteiger partial charge is 0.424 e. The van der Waals surface area contributed by atoms with E-state index in [1.54, 1.807) is 13.0 Å². The molecule has 0 aromatic rings. The molecule has 0 radical (unpaired) electrons. The molecular weight excluding hydrogens is 218 g/mol. The van der Waals surface area contributed by atoms with Gasteiger partial charge in [-0.2, -0.15) is 0 Å². The fraction of sp³-hybridized carbons (Fsp3) is 0.538. The molecule has 2 aliphatic rings. The first-order valence-corrected chi connectivity index (χ1v) is 6.05. The Bertz CT molecular complexity index is 395. The van der Waals surface area contributed by atoms with Crippen molar-refractivity contribution < 1.29 is 14.3 Å². The smallest absolute Gasteiger partial charge is 0.339 e. The Labute approximate surface area is 101 Å². The minimum Gasteiger partial charge on any atom is -0.424 e. The van der Waals surface area contributed by atoms with Crippen LogP contribution in [0.3, 0.4) is 0 Å². The Morgan fingerprint density at radius 1 is 1.47 bits per heavy atom. The number of hydrogen-bond donors (Lipinski definition) is 0. The van der Waals surface area contributed by atoms with E-state index < -0.39 is 0 Å². The molecule has 0 spiro atoms. The van der Waals surface area contributed by atoms with Gasteiger partial charge in [-0.25, -0.2) is 4.79 Å². The van der Waals surface area contributed by atoms with Crippen molar-refractivity contribution >= 4 is 11.9 Å². The molecule has 1 saturated heterocycles. The predicted molar refractivity (Wildman–Crippen MR) is 63.0 cm³/mol. The number of hydrogen-bond acceptors (Lipinski definition) is 3. The summed E-state index contributed by atoms with van der Waals surface area (Å²) in [5.74, 6) is 0.645. The highest BCUT2D eigenvalue weighted by molar-refractivity contribution is 5.92. The lowest BCUT2D eigenvalue weighted by molar-refractivity contribution is -0.133. The molecule has 4 heteroatoms. The zero-order valence-electron chi connectivity index (χ0n) is 10.1. The number of rotatable bonds is 4. The number of cyclic esters (lactones) is 1. The van der Waals surface area contributed by atoms with Gasteiger partial charge in [0.25, 0.3) is 0 Å². The lowest BCUT2D eigenvalue weighted by atomic mass is 10.2. The number of unbranched alkanes of at least 4 members (excludes halogenated alkanes) is 1. The van der Waals surface area contributed by atoms with Crippen LogP contribution in [0, 0.1) is 0 Å². The van der Waals surface area contributed by atoms with Gasteiger partial charge in [-0.3, -0.25) is 4.79 Å². The van der Waals surface area contributed by atoms with E-state index in [0.29, 0.717) is 17.8 Å². The second-order valence-electron chi connectivity index (χ2n) is 4.45. The van der Waals surface area contributed by atoms with Gasteiger partial charge in [0.2, 0.25) is 5.91 Å². The van der Waals surface area contributed by atoms with E-state index in [1.165, 1.54) is 0 Å². The molecule has 92 valence electrons. The molecule has 4 nitrogen and oxygen atoms in total. The van der Waals surface area contributed by atoms with Crippen LogP contribution in [0.1, 0.15) is 32.6 Å². The van der Waals surface area contributed by atoms with Gasteiger partial charge >= 0.3 is 5.97 Å². The zero-order chi connectivity index (χ0) is 12.3. The van der Waals surface area contributed by atoms with Crippen molar-refractivity contribution in [3.63, 3.8) is 0 Å². The topological polar surface area (TPSA) is 46.6 Å². The summed E-state index contributed by atoms with van der Waals surface area (Å²) in [6.07, 6.45) is 7.09. The maximum atomic E-state index is 11.3. The Kier molecular flexibility index (Phi) is 3.61. The first kappa shape index (κ1) is 11.9. The van der Waals surface area contributed by atoms with Crippen molar-refractivity contribution in [1.29, 1.82) is 0 Å². The summed E-state index contributed by atoms with van der Waals surface area (Å²) >= 11 is 0. The summed E-state index contributed by atoms with van der Waals surface area (Å²) < 4.78 is 5.02. The molecular formula is C13H17NO3. The van der Waals surface area contributed by atoms with Crippen LogP contribution in [0.2, 0.25) is 0 Å². The second kappa shape index (κ2) is 5.17. The van der Waals surface area contributed by atoms with Gasteiger partial charge in [0.05, 0.1) is 0 Å². The van der Waals surface area contributed by atoms with Crippen LogP contribution in [0.25, 0.3) is 0 Å². The molecule has 0 unspecified atom stereocenters. The van der Waals surface area contributed by atoms with E-state index in [4.69, 9.17) is 4.74 Å². The predicted octanol–water partition coefficient (Wildman–Crippen LogP) is 1.78. The van der Waals surface area contributed by atoms with E-state index in [0.717, 1.165) is 32.4 Å². The number of allylic oxidation sites excluding steroid dienone is 2. The molecule has 2 rings (SSSR count). The van der Waals surface area contributed by atoms with Crippen LogP contribution < -0.4 is 0 Å². The second-order valence-corrected chi connectivity index (χ2v) is 4.45. The molecule has 0 saturated carbocycles. The van der Waals surface area contributed by atoms with Crippen molar-refractivity contribution in [3.8, 4) is 0 Å². The average molecular weight is 235 g/mol. The van der Waals surface area contributed by atoms with Gasteiger partial charge in [0.1, 0.15) is 5.76 Å². The lowest BCUT2D eigenvalue weighted by Gasteiger charge is -2.14. The van der Waals surface area contributed by atoms with Gasteiger partial charge in [-0.05, 0) is 38.3 Å². The Balaban J connectivity index is 1.71. The molecule has 2 heterocycles. The van der Waals surface area contributed by atoms with E-state index in [2.05, 4.69) is 0 Å². The summed E-state index contributed by atoms with van der Waals surface area (Å²) in [4.78, 5) is 24.3. The maximum absolute atomic E-state index is 11.3. The Morgan fingerprint density at radius 3 is 2.88 bits per heavy atom. The molecule has 1 amide bonds. The number of nitrogens with zero attached hydrogens (tertiary/aromatic N) is 1. The monoisotopic (exact) mass is 235 g/mol. The fourth-order valence-corrected chi connectivity index (χ4v) is 2.06. The molecule has 0 aromatic heterocycles. The summed E-state index contributed by atoms with van der Waals surface area (Å²) in [7, 11) is 0. The molecule has 0 bridgehead atoms. The Hall–Kier alpha value is -1.58. The first-order valence-electron chi connectivity index (χ1n) is 6.05. The maximum Gasteiger partial charge on any atom is 0.339 e. The minimum atomic E-state index is -0.258. The van der Waals surface area contributed by atoms with E-state index in [-0.39, 0.29) is 11.9 Å². The first-order chi connectivity index (χ1) is 8.16. The summed E-state index contributed by atoms with van der Waals surface area (Å²) in [5.41, 5.74) is 0.644. The quantitative estimate of drug-likeness (QED) is 0.551. The normalized spacial score (nSPS) is 22.3. The highest BCUT2D eigenvalue weighted by atomic mass is 16.5. The number of amides is 1. The van der Waals surface area contributed by atoms with Gasteiger partial charge in [-0.1, -0.05) is 0 Å². The molecule has 0 aromatic carbocycles. The van der Waals surface area contributed by atoms with Crippen LogP contribution in [0.5, 0.6) is 0 Å². The molecule has 1 fully saturated rings. The van der Waals surface area contributed by atoms with Crippen LogP contribution in [0.4, 0.5) is 0 Å². The van der Waals surface area contributed by atoms with Gasteiger partial charge in [-0.15, -0.1) is 0 Å². The third-order valence-corrected chi connectivity index (χ3v) is 3.04. The summed E-state index contributed by atoms with van der Waals surface area (Å²) in [6, 6.07) is 0. The van der Waals surface area contributed by atoms with Crippen LogP contribution >= 0.6 is 0 Å². The van der Waals surface area contributed by atoms with Crippen LogP contribution in [-0.2, 0) is 14.3 Å². The summed E-state index contributed by atoms with van der Waals surface area (Å²) in [6.45, 7) is 3.44. The highest BCUT2D eigenvalue weighted by Gasteiger charge is 2.19. The standard InChI is InChI=1S/C13H17NO3/c1-10-9-11(17-13(10)16)5-2-3-7-14-8-4-6-12(14)15/h5,9H,2-4,6-8H2,1H3. The van der Waals surface area contributed by atoms with Gasteiger partial charge < -0.3 is 9.64 Å². The number of ether oxygens (including phenoxy) is 1. The Morgan fingerprint density at radius 2 is 2.29 bits per heavy atom. The van der Waals surface area contributed by atoms with Crippen molar-refractivity contribution in [3.05, 3.63) is 23.5 Å². The third kappa shape index (κ3) is 2.96. The lowest BCUT2D eigenvalue weighted by Crippen LogP contribution is -2.25. The molecule has 2 aliphatic heterocycles. The van der Waals surface area contributed by atoms with Crippen molar-refractivity contribution in [2.75, 3.05) is 13.1 Å². The van der Waals surface area contributed by atoms with Gasteiger partial charge in [0.15, 0.2) is 0 Å². The zero-order valence-corrected chi connectivity index (χ0v) is 10.1. The number of carbonyl (C=O) groups is 2. The van der Waals surface area contributed by atoms with E-state index in [1.807, 2.05) is 11.0 Å². The van der Waals surface area contributed by atoms with E-state index >= 15 is 0 Å². The number of carbonyl (C=O) groups excluding carboxylic acids is 2. The fourth-order valence-electron chi connectivity index (χ4n) is 2.06. The number of esters is 1. The van der Waals surface area contributed by atoms with Crippen LogP contribution in [0.15, 0.2) is 23.5 Å². The van der Waals surface area contributed by atoms with Crippen molar-refractivity contribution in [2.45, 2.75) is 32.6 Å². The van der Waals surface area contributed by atoms with Crippen molar-refractivity contribution in [2.24, 2.45) is 0 Å². The minimum absolute atomic E-state index is 0.258. The van der Waals surface area contributed by atoms with E-state index in [9.17, 15) is 9.59 Å². The molecule has 17 heavy (non-hydrogen) atoms. The SMILES string of the molecule is CC1=CC(=CCCCN2CCCC2=O)OC1=O. The molecule has 0 aliphatic carbocycles.